The standard InChI is InChI=1S/C22H20N4O3S2/c27-21(23-13-19-15-25-10-11-30-22(25)24-19)17-6-3-7-20(12-17)31(28,29)26-9-8-16-4-1-2-5-18(16)14-26/h1-7,10-12,15H,8-9,13-14H2,(H,23,27). The highest BCUT2D eigenvalue weighted by Crippen LogP contribution is 2.25. The van der Waals surface area contributed by atoms with Gasteiger partial charge in [-0.3, -0.25) is 9.20 Å². The summed E-state index contributed by atoms with van der Waals surface area (Å²) in [6.45, 7) is 1.03. The SMILES string of the molecule is O=C(NCc1cn2ccsc2n1)c1cccc(S(=O)(=O)N2CCc3ccccc3C2)c1. The van der Waals surface area contributed by atoms with Crippen LogP contribution in [0.2, 0.25) is 0 Å². The highest BCUT2D eigenvalue weighted by Gasteiger charge is 2.28. The second kappa shape index (κ2) is 7.92. The van der Waals surface area contributed by atoms with Gasteiger partial charge in [0.15, 0.2) is 4.96 Å². The van der Waals surface area contributed by atoms with Gasteiger partial charge in [0.25, 0.3) is 5.91 Å². The maximum Gasteiger partial charge on any atom is 0.251 e. The molecule has 1 aliphatic rings. The van der Waals surface area contributed by atoms with E-state index in [4.69, 9.17) is 0 Å². The van der Waals surface area contributed by atoms with Gasteiger partial charge in [-0.05, 0) is 35.7 Å². The number of sulfonamides is 1. The van der Waals surface area contributed by atoms with E-state index < -0.39 is 10.0 Å². The molecule has 1 amide bonds. The fraction of sp³-hybridized carbons (Fsp3) is 0.182. The third-order valence-electron chi connectivity index (χ3n) is 5.40. The Balaban J connectivity index is 1.32. The van der Waals surface area contributed by atoms with Crippen LogP contribution in [-0.2, 0) is 29.5 Å². The van der Waals surface area contributed by atoms with Crippen LogP contribution in [0, 0.1) is 0 Å². The second-order valence-electron chi connectivity index (χ2n) is 7.39. The van der Waals surface area contributed by atoms with E-state index in [2.05, 4.69) is 10.3 Å². The van der Waals surface area contributed by atoms with Crippen LogP contribution < -0.4 is 5.32 Å². The van der Waals surface area contributed by atoms with E-state index in [0.717, 1.165) is 16.2 Å². The molecule has 0 aliphatic carbocycles. The smallest absolute Gasteiger partial charge is 0.251 e. The monoisotopic (exact) mass is 452 g/mol. The minimum Gasteiger partial charge on any atom is -0.346 e. The highest BCUT2D eigenvalue weighted by atomic mass is 32.2. The van der Waals surface area contributed by atoms with Crippen molar-refractivity contribution in [3.63, 3.8) is 0 Å². The number of hydrogen-bond acceptors (Lipinski definition) is 5. The summed E-state index contributed by atoms with van der Waals surface area (Å²) in [6, 6.07) is 14.1. The number of rotatable bonds is 5. The number of benzene rings is 2. The van der Waals surface area contributed by atoms with Crippen molar-refractivity contribution in [2.24, 2.45) is 0 Å². The zero-order valence-corrected chi connectivity index (χ0v) is 18.2. The molecular formula is C22H20N4O3S2. The fourth-order valence-corrected chi connectivity index (χ4v) is 5.94. The Morgan fingerprint density at radius 1 is 1.13 bits per heavy atom. The minimum absolute atomic E-state index is 0.127. The lowest BCUT2D eigenvalue weighted by Crippen LogP contribution is -2.36. The van der Waals surface area contributed by atoms with E-state index >= 15 is 0 Å². The summed E-state index contributed by atoms with van der Waals surface area (Å²) in [6.07, 6.45) is 4.45. The Hall–Kier alpha value is -3.01. The molecule has 0 bridgehead atoms. The molecule has 2 aromatic carbocycles. The first-order chi connectivity index (χ1) is 15.0. The lowest BCUT2D eigenvalue weighted by molar-refractivity contribution is 0.0950. The normalized spacial score (nSPS) is 14.5. The summed E-state index contributed by atoms with van der Waals surface area (Å²) in [5.74, 6) is -0.336. The lowest BCUT2D eigenvalue weighted by atomic mass is 10.0. The Bertz CT molecular complexity index is 1350. The molecule has 9 heteroatoms. The third kappa shape index (κ3) is 3.87. The van der Waals surface area contributed by atoms with Crippen LogP contribution in [0.3, 0.4) is 0 Å². The quantitative estimate of drug-likeness (QED) is 0.504. The van der Waals surface area contributed by atoms with E-state index in [1.165, 1.54) is 33.3 Å². The van der Waals surface area contributed by atoms with E-state index in [1.54, 1.807) is 12.1 Å². The summed E-state index contributed by atoms with van der Waals surface area (Å²) < 4.78 is 29.8. The average Bonchev–Trinajstić information content (AvgIpc) is 3.39. The van der Waals surface area contributed by atoms with Crippen molar-refractivity contribution in [3.05, 3.63) is 88.7 Å². The molecule has 0 unspecified atom stereocenters. The molecule has 0 spiro atoms. The van der Waals surface area contributed by atoms with E-state index in [-0.39, 0.29) is 17.3 Å². The van der Waals surface area contributed by atoms with Crippen LogP contribution >= 0.6 is 11.3 Å². The Morgan fingerprint density at radius 3 is 2.81 bits per heavy atom. The molecule has 5 rings (SSSR count). The predicted molar refractivity (Wildman–Crippen MR) is 118 cm³/mol. The molecule has 4 aromatic rings. The van der Waals surface area contributed by atoms with Crippen molar-refractivity contribution in [1.82, 2.24) is 19.0 Å². The van der Waals surface area contributed by atoms with Crippen LogP contribution in [0.15, 0.2) is 71.2 Å². The van der Waals surface area contributed by atoms with Gasteiger partial charge in [-0.2, -0.15) is 4.31 Å². The van der Waals surface area contributed by atoms with Gasteiger partial charge < -0.3 is 5.32 Å². The van der Waals surface area contributed by atoms with Crippen molar-refractivity contribution >= 4 is 32.2 Å². The molecule has 2 aromatic heterocycles. The molecule has 1 N–H and O–H groups in total. The van der Waals surface area contributed by atoms with Gasteiger partial charge in [-0.1, -0.05) is 30.3 Å². The number of imidazole rings is 1. The van der Waals surface area contributed by atoms with Crippen LogP contribution in [0.4, 0.5) is 0 Å². The first-order valence-corrected chi connectivity index (χ1v) is 12.2. The number of fused-ring (bicyclic) bond motifs is 2. The number of nitrogens with zero attached hydrogens (tertiary/aromatic N) is 3. The summed E-state index contributed by atoms with van der Waals surface area (Å²) in [5, 5.41) is 4.76. The number of nitrogens with one attached hydrogen (secondary N) is 1. The maximum absolute atomic E-state index is 13.2. The van der Waals surface area contributed by atoms with Crippen LogP contribution in [0.5, 0.6) is 0 Å². The minimum atomic E-state index is -3.70. The van der Waals surface area contributed by atoms with Crippen molar-refractivity contribution < 1.29 is 13.2 Å². The maximum atomic E-state index is 13.2. The summed E-state index contributed by atoms with van der Waals surface area (Å²) in [7, 11) is -3.70. The molecule has 0 saturated carbocycles. The number of thiazole rings is 1. The number of carbonyl (C=O) groups excluding carboxylic acids is 1. The van der Waals surface area contributed by atoms with Crippen LogP contribution in [-0.4, -0.2) is 34.6 Å². The van der Waals surface area contributed by atoms with Crippen LogP contribution in [0.1, 0.15) is 27.2 Å². The van der Waals surface area contributed by atoms with E-state index in [1.807, 2.05) is 46.4 Å². The largest absolute Gasteiger partial charge is 0.346 e. The molecule has 0 radical (unpaired) electrons. The van der Waals surface area contributed by atoms with Gasteiger partial charge in [-0.25, -0.2) is 13.4 Å². The number of carbonyl (C=O) groups is 1. The first kappa shape index (κ1) is 19.9. The highest BCUT2D eigenvalue weighted by molar-refractivity contribution is 7.89. The second-order valence-corrected chi connectivity index (χ2v) is 10.2. The average molecular weight is 453 g/mol. The van der Waals surface area contributed by atoms with Crippen molar-refractivity contribution in [1.29, 1.82) is 0 Å². The number of hydrogen-bond donors (Lipinski definition) is 1. The van der Waals surface area contributed by atoms with Gasteiger partial charge in [0.2, 0.25) is 10.0 Å². The number of amides is 1. The molecule has 3 heterocycles. The Labute approximate surface area is 184 Å². The molecule has 0 atom stereocenters. The summed E-state index contributed by atoms with van der Waals surface area (Å²) >= 11 is 1.52. The molecule has 1 aliphatic heterocycles. The Kier molecular flexibility index (Phi) is 5.09. The summed E-state index contributed by atoms with van der Waals surface area (Å²) in [4.78, 5) is 18.1. The van der Waals surface area contributed by atoms with Gasteiger partial charge in [-0.15, -0.1) is 11.3 Å². The first-order valence-electron chi connectivity index (χ1n) is 9.87. The Morgan fingerprint density at radius 2 is 1.97 bits per heavy atom. The molecule has 31 heavy (non-hydrogen) atoms. The zero-order chi connectivity index (χ0) is 21.4. The molecule has 7 nitrogen and oxygen atoms in total. The summed E-state index contributed by atoms with van der Waals surface area (Å²) in [5.41, 5.74) is 3.25. The van der Waals surface area contributed by atoms with Gasteiger partial charge in [0.05, 0.1) is 17.1 Å². The van der Waals surface area contributed by atoms with Crippen molar-refractivity contribution in [3.8, 4) is 0 Å². The molecule has 0 fully saturated rings. The van der Waals surface area contributed by atoms with E-state index in [0.29, 0.717) is 25.1 Å². The van der Waals surface area contributed by atoms with Gasteiger partial charge >= 0.3 is 0 Å². The van der Waals surface area contributed by atoms with Gasteiger partial charge in [0, 0.05) is 36.4 Å². The molecule has 0 saturated heterocycles. The predicted octanol–water partition coefficient (Wildman–Crippen LogP) is 3.07. The molecular weight excluding hydrogens is 432 g/mol. The fourth-order valence-electron chi connectivity index (χ4n) is 3.76. The zero-order valence-electron chi connectivity index (χ0n) is 16.6. The van der Waals surface area contributed by atoms with Gasteiger partial charge in [0.1, 0.15) is 0 Å². The molecule has 158 valence electrons. The third-order valence-corrected chi connectivity index (χ3v) is 8.01. The van der Waals surface area contributed by atoms with Crippen LogP contribution in [0.25, 0.3) is 4.96 Å². The van der Waals surface area contributed by atoms with E-state index in [9.17, 15) is 13.2 Å². The topological polar surface area (TPSA) is 83.8 Å². The lowest BCUT2D eigenvalue weighted by Gasteiger charge is -2.28. The van der Waals surface area contributed by atoms with Crippen molar-refractivity contribution in [2.75, 3.05) is 6.54 Å². The number of aromatic nitrogens is 2. The van der Waals surface area contributed by atoms with Crippen molar-refractivity contribution in [2.45, 2.75) is 24.4 Å².